The molecule has 29 heavy (non-hydrogen) atoms. The predicted octanol–water partition coefficient (Wildman–Crippen LogP) is 3.20. The van der Waals surface area contributed by atoms with E-state index in [1.54, 1.807) is 54.6 Å². The third-order valence-electron chi connectivity index (χ3n) is 3.86. The summed E-state index contributed by atoms with van der Waals surface area (Å²) in [6.45, 7) is -0.486. The molecule has 0 aromatic heterocycles. The zero-order valence-corrected chi connectivity index (χ0v) is 16.8. The van der Waals surface area contributed by atoms with Crippen LogP contribution in [0.2, 0.25) is 0 Å². The van der Waals surface area contributed by atoms with E-state index in [1.165, 1.54) is 7.11 Å². The second-order valence-electron chi connectivity index (χ2n) is 5.83. The molecule has 9 heteroatoms. The van der Waals surface area contributed by atoms with Gasteiger partial charge in [-0.25, -0.2) is 4.79 Å². The highest BCUT2D eigenvalue weighted by atomic mass is 32.2. The van der Waals surface area contributed by atoms with Gasteiger partial charge in [-0.05, 0) is 35.9 Å². The van der Waals surface area contributed by atoms with Gasteiger partial charge in [-0.15, -0.1) is 0 Å². The molecule has 1 fully saturated rings. The number of carboxylic acid groups (broad SMARTS) is 1. The number of thioether (sulfide) groups is 1. The third kappa shape index (κ3) is 4.82. The van der Waals surface area contributed by atoms with E-state index in [-0.39, 0.29) is 10.1 Å². The first-order chi connectivity index (χ1) is 13.9. The van der Waals surface area contributed by atoms with Gasteiger partial charge in [-0.2, -0.15) is 0 Å². The Morgan fingerprint density at radius 1 is 1.17 bits per heavy atom. The Bertz CT molecular complexity index is 1020. The van der Waals surface area contributed by atoms with Crippen molar-refractivity contribution >= 4 is 52.2 Å². The van der Waals surface area contributed by atoms with Gasteiger partial charge < -0.3 is 14.6 Å². The largest absolute Gasteiger partial charge is 0.493 e. The van der Waals surface area contributed by atoms with Gasteiger partial charge in [0.05, 0.1) is 17.6 Å². The number of carbonyl (C=O) groups is 3. The molecule has 0 saturated carbocycles. The molecular weight excluding hydrogens is 414 g/mol. The molecule has 1 aliphatic rings. The summed E-state index contributed by atoms with van der Waals surface area (Å²) in [4.78, 5) is 36.8. The lowest BCUT2D eigenvalue weighted by Gasteiger charge is -2.11. The van der Waals surface area contributed by atoms with Crippen LogP contribution in [0.5, 0.6) is 11.5 Å². The van der Waals surface area contributed by atoms with Crippen molar-refractivity contribution in [1.82, 2.24) is 4.90 Å². The number of amides is 1. The van der Waals surface area contributed by atoms with Crippen molar-refractivity contribution in [3.63, 3.8) is 0 Å². The molecule has 0 spiro atoms. The molecule has 1 heterocycles. The number of carboxylic acids is 1. The van der Waals surface area contributed by atoms with Crippen LogP contribution in [0.3, 0.4) is 0 Å². The summed E-state index contributed by atoms with van der Waals surface area (Å²) in [5, 5.41) is 8.90. The van der Waals surface area contributed by atoms with E-state index in [1.807, 2.05) is 0 Å². The number of thiocarbonyl (C=S) groups is 1. The number of aliphatic carboxylic acids is 1. The van der Waals surface area contributed by atoms with Gasteiger partial charge in [0.1, 0.15) is 10.9 Å². The fourth-order valence-corrected chi connectivity index (χ4v) is 3.77. The summed E-state index contributed by atoms with van der Waals surface area (Å²) >= 11 is 6.10. The first kappa shape index (κ1) is 20.6. The number of esters is 1. The average Bonchev–Trinajstić information content (AvgIpc) is 2.96. The van der Waals surface area contributed by atoms with E-state index >= 15 is 0 Å². The van der Waals surface area contributed by atoms with Crippen molar-refractivity contribution in [2.75, 3.05) is 13.7 Å². The monoisotopic (exact) mass is 429 g/mol. The van der Waals surface area contributed by atoms with Crippen LogP contribution < -0.4 is 9.47 Å². The second-order valence-corrected chi connectivity index (χ2v) is 7.50. The van der Waals surface area contributed by atoms with Crippen LogP contribution in [-0.2, 0) is 9.59 Å². The fraction of sp³-hybridized carbons (Fsp3) is 0.100. The maximum Gasteiger partial charge on any atom is 0.343 e. The van der Waals surface area contributed by atoms with Crippen molar-refractivity contribution < 1.29 is 29.0 Å². The Kier molecular flexibility index (Phi) is 6.30. The molecule has 1 N–H and O–H groups in total. The number of benzene rings is 2. The number of ether oxygens (including phenoxy) is 2. The third-order valence-corrected chi connectivity index (χ3v) is 5.24. The van der Waals surface area contributed by atoms with Crippen molar-refractivity contribution in [1.29, 1.82) is 0 Å². The standard InChI is InChI=1S/C20H15NO6S2/c1-26-15-9-12(10-16-18(24)21(11-17(22)23)20(28)29-16)7-8-14(15)27-19(25)13-5-3-2-4-6-13/h2-10H,11H2,1H3,(H,22,23). The molecular formula is C20H15NO6S2. The summed E-state index contributed by atoms with van der Waals surface area (Å²) in [5.74, 6) is -1.60. The minimum Gasteiger partial charge on any atom is -0.493 e. The number of carbonyl (C=O) groups excluding carboxylic acids is 2. The topological polar surface area (TPSA) is 93.1 Å². The fourth-order valence-electron chi connectivity index (χ4n) is 2.51. The highest BCUT2D eigenvalue weighted by Crippen LogP contribution is 2.34. The maximum absolute atomic E-state index is 12.4. The van der Waals surface area contributed by atoms with Crippen molar-refractivity contribution in [3.05, 3.63) is 64.6 Å². The highest BCUT2D eigenvalue weighted by Gasteiger charge is 2.33. The van der Waals surface area contributed by atoms with Crippen LogP contribution in [0.15, 0.2) is 53.4 Å². The summed E-state index contributed by atoms with van der Waals surface area (Å²) in [7, 11) is 1.44. The van der Waals surface area contributed by atoms with E-state index in [4.69, 9.17) is 26.8 Å². The summed E-state index contributed by atoms with van der Waals surface area (Å²) in [6, 6.07) is 13.4. The predicted molar refractivity (Wildman–Crippen MR) is 112 cm³/mol. The molecule has 1 amide bonds. The molecule has 0 aliphatic carbocycles. The smallest absolute Gasteiger partial charge is 0.343 e. The second kappa shape index (κ2) is 8.89. The van der Waals surface area contributed by atoms with Crippen LogP contribution in [0.1, 0.15) is 15.9 Å². The number of hydrogen-bond donors (Lipinski definition) is 1. The molecule has 0 bridgehead atoms. The Morgan fingerprint density at radius 3 is 2.55 bits per heavy atom. The molecule has 1 aliphatic heterocycles. The molecule has 0 radical (unpaired) electrons. The zero-order valence-electron chi connectivity index (χ0n) is 15.2. The molecule has 148 valence electrons. The van der Waals surface area contributed by atoms with Crippen LogP contribution >= 0.6 is 24.0 Å². The SMILES string of the molecule is COc1cc(C=C2SC(=S)N(CC(=O)O)C2=O)ccc1OC(=O)c1ccccc1. The maximum atomic E-state index is 12.4. The highest BCUT2D eigenvalue weighted by molar-refractivity contribution is 8.26. The van der Waals surface area contributed by atoms with E-state index in [2.05, 4.69) is 0 Å². The van der Waals surface area contributed by atoms with Crippen LogP contribution in [0.4, 0.5) is 0 Å². The van der Waals surface area contributed by atoms with Crippen LogP contribution in [-0.4, -0.2) is 45.8 Å². The first-order valence-electron chi connectivity index (χ1n) is 8.31. The molecule has 0 unspecified atom stereocenters. The van der Waals surface area contributed by atoms with Gasteiger partial charge >= 0.3 is 11.9 Å². The van der Waals surface area contributed by atoms with E-state index < -0.39 is 24.4 Å². The van der Waals surface area contributed by atoms with Gasteiger partial charge in [-0.1, -0.05) is 48.2 Å². The lowest BCUT2D eigenvalue weighted by atomic mass is 10.1. The lowest BCUT2D eigenvalue weighted by molar-refractivity contribution is -0.140. The van der Waals surface area contributed by atoms with Crippen LogP contribution in [0.25, 0.3) is 6.08 Å². The van der Waals surface area contributed by atoms with Gasteiger partial charge in [0.15, 0.2) is 11.5 Å². The molecule has 0 atom stereocenters. The number of nitrogens with zero attached hydrogens (tertiary/aromatic N) is 1. The Labute approximate surface area is 175 Å². The zero-order chi connectivity index (χ0) is 21.0. The minimum absolute atomic E-state index is 0.184. The Morgan fingerprint density at radius 2 is 1.90 bits per heavy atom. The molecule has 2 aromatic rings. The Balaban J connectivity index is 1.81. The molecule has 3 rings (SSSR count). The van der Waals surface area contributed by atoms with Gasteiger partial charge in [0, 0.05) is 0 Å². The molecule has 1 saturated heterocycles. The Hall–Kier alpha value is -3.17. The number of rotatable bonds is 6. The lowest BCUT2D eigenvalue weighted by Crippen LogP contribution is -2.33. The van der Waals surface area contributed by atoms with Crippen molar-refractivity contribution in [3.8, 4) is 11.5 Å². The van der Waals surface area contributed by atoms with Crippen molar-refractivity contribution in [2.45, 2.75) is 0 Å². The average molecular weight is 429 g/mol. The quantitative estimate of drug-likeness (QED) is 0.324. The van der Waals surface area contributed by atoms with E-state index in [0.29, 0.717) is 21.8 Å². The van der Waals surface area contributed by atoms with E-state index in [9.17, 15) is 14.4 Å². The summed E-state index contributed by atoms with van der Waals surface area (Å²) in [5.41, 5.74) is 1.01. The van der Waals surface area contributed by atoms with Gasteiger partial charge in [0.25, 0.3) is 5.91 Å². The molecule has 7 nitrogen and oxygen atoms in total. The number of methoxy groups -OCH3 is 1. The van der Waals surface area contributed by atoms with E-state index in [0.717, 1.165) is 16.7 Å². The van der Waals surface area contributed by atoms with Crippen LogP contribution in [0, 0.1) is 0 Å². The summed E-state index contributed by atoms with van der Waals surface area (Å²) < 4.78 is 10.9. The first-order valence-corrected chi connectivity index (χ1v) is 9.54. The molecule has 2 aromatic carbocycles. The van der Waals surface area contributed by atoms with Gasteiger partial charge in [-0.3, -0.25) is 14.5 Å². The minimum atomic E-state index is -1.14. The summed E-state index contributed by atoms with van der Waals surface area (Å²) in [6.07, 6.45) is 1.58. The van der Waals surface area contributed by atoms with Gasteiger partial charge in [0.2, 0.25) is 0 Å². The van der Waals surface area contributed by atoms with Crippen molar-refractivity contribution in [2.24, 2.45) is 0 Å². The number of hydrogen-bond acceptors (Lipinski definition) is 7. The normalized spacial score (nSPS) is 14.9.